The fourth-order valence-corrected chi connectivity index (χ4v) is 3.62. The third kappa shape index (κ3) is 5.28. The molecular weight excluding hydrogens is 384 g/mol. The van der Waals surface area contributed by atoms with E-state index in [4.69, 9.17) is 4.74 Å². The lowest BCUT2D eigenvalue weighted by Crippen LogP contribution is -2.46. The molecule has 3 rings (SSSR count). The molecule has 1 fully saturated rings. The highest BCUT2D eigenvalue weighted by molar-refractivity contribution is 5.91. The number of rotatable bonds is 7. The number of nitrogens with zero attached hydrogens (tertiary/aromatic N) is 5. The first-order valence-corrected chi connectivity index (χ1v) is 10.4. The molecule has 1 N–H and O–H groups in total. The molecule has 1 aliphatic rings. The highest BCUT2D eigenvalue weighted by Crippen LogP contribution is 2.26. The van der Waals surface area contributed by atoms with Crippen molar-refractivity contribution in [3.05, 3.63) is 36.2 Å². The summed E-state index contributed by atoms with van der Waals surface area (Å²) in [6.45, 7) is 3.77. The number of likely N-dealkylation sites (tertiary alicyclic amines) is 1. The minimum absolute atomic E-state index is 0.107. The second-order valence-corrected chi connectivity index (χ2v) is 7.56. The van der Waals surface area contributed by atoms with Gasteiger partial charge in [0.2, 0.25) is 0 Å². The molecule has 9 heteroatoms. The third-order valence-electron chi connectivity index (χ3n) is 5.17. The monoisotopic (exact) mass is 414 g/mol. The molecule has 9 nitrogen and oxygen atoms in total. The van der Waals surface area contributed by atoms with E-state index in [1.165, 1.54) is 4.90 Å². The van der Waals surface area contributed by atoms with Crippen LogP contribution < -0.4 is 10.1 Å². The summed E-state index contributed by atoms with van der Waals surface area (Å²) in [6.07, 6.45) is 5.43. The minimum atomic E-state index is -0.173. The lowest BCUT2D eigenvalue weighted by molar-refractivity contribution is 0.0822. The van der Waals surface area contributed by atoms with Gasteiger partial charge in [0.25, 0.3) is 5.91 Å². The smallest absolute Gasteiger partial charge is 0.322 e. The van der Waals surface area contributed by atoms with Crippen LogP contribution in [-0.2, 0) is 6.54 Å². The molecule has 30 heavy (non-hydrogen) atoms. The number of nitrogens with one attached hydrogen (secondary N) is 1. The van der Waals surface area contributed by atoms with Crippen molar-refractivity contribution in [3.8, 4) is 5.75 Å². The molecule has 1 saturated heterocycles. The number of aromatic nitrogens is 3. The van der Waals surface area contributed by atoms with Crippen LogP contribution >= 0.6 is 0 Å². The zero-order valence-electron chi connectivity index (χ0n) is 17.9. The predicted molar refractivity (Wildman–Crippen MR) is 114 cm³/mol. The van der Waals surface area contributed by atoms with E-state index in [1.807, 2.05) is 36.1 Å². The van der Waals surface area contributed by atoms with Gasteiger partial charge in [0.1, 0.15) is 5.75 Å². The van der Waals surface area contributed by atoms with Gasteiger partial charge in [-0.3, -0.25) is 9.48 Å². The fourth-order valence-electron chi connectivity index (χ4n) is 3.62. The number of hydrogen-bond donors (Lipinski definition) is 1. The number of ether oxygens (including phenoxy) is 1. The number of amides is 3. The summed E-state index contributed by atoms with van der Waals surface area (Å²) in [6, 6.07) is 7.45. The topological polar surface area (TPSA) is 92.6 Å². The van der Waals surface area contributed by atoms with E-state index in [-0.39, 0.29) is 18.0 Å². The number of carbonyl (C=O) groups excluding carboxylic acids is 2. The maximum atomic E-state index is 13.0. The second kappa shape index (κ2) is 10.1. The van der Waals surface area contributed by atoms with Gasteiger partial charge in [-0.25, -0.2) is 4.79 Å². The zero-order valence-corrected chi connectivity index (χ0v) is 17.9. The van der Waals surface area contributed by atoms with Gasteiger partial charge in [-0.2, -0.15) is 0 Å². The van der Waals surface area contributed by atoms with Crippen molar-refractivity contribution in [2.75, 3.05) is 32.6 Å². The molecule has 0 aliphatic carbocycles. The molecule has 1 unspecified atom stereocenters. The molecule has 1 aromatic heterocycles. The van der Waals surface area contributed by atoms with E-state index in [1.54, 1.807) is 25.0 Å². The number of hydrogen-bond acceptors (Lipinski definition) is 5. The summed E-state index contributed by atoms with van der Waals surface area (Å²) in [7, 11) is 3.37. The lowest BCUT2D eigenvalue weighted by Gasteiger charge is -2.36. The number of aryl methyl sites for hydroxylation is 1. The molecule has 1 atom stereocenters. The highest BCUT2D eigenvalue weighted by Gasteiger charge is 2.27. The summed E-state index contributed by atoms with van der Waals surface area (Å²) < 4.78 is 7.29. The van der Waals surface area contributed by atoms with Gasteiger partial charge in [0.15, 0.2) is 5.69 Å². The van der Waals surface area contributed by atoms with Crippen LogP contribution in [0.15, 0.2) is 30.5 Å². The van der Waals surface area contributed by atoms with Gasteiger partial charge >= 0.3 is 6.03 Å². The number of benzene rings is 1. The van der Waals surface area contributed by atoms with Gasteiger partial charge in [-0.05, 0) is 44.7 Å². The number of piperidine rings is 1. The molecule has 2 heterocycles. The summed E-state index contributed by atoms with van der Waals surface area (Å²) in [5, 5.41) is 11.0. The average Bonchev–Trinajstić information content (AvgIpc) is 3.22. The van der Waals surface area contributed by atoms with Crippen molar-refractivity contribution in [2.24, 2.45) is 0 Å². The van der Waals surface area contributed by atoms with Crippen LogP contribution in [0.1, 0.15) is 43.1 Å². The normalized spacial score (nSPS) is 16.2. The zero-order chi connectivity index (χ0) is 21.5. The van der Waals surface area contributed by atoms with E-state index in [2.05, 4.69) is 15.6 Å². The van der Waals surface area contributed by atoms with E-state index in [9.17, 15) is 9.59 Å². The summed E-state index contributed by atoms with van der Waals surface area (Å²) in [5.74, 6) is 0.496. The van der Waals surface area contributed by atoms with Crippen LogP contribution in [0.3, 0.4) is 0 Å². The molecular formula is C21H30N6O3. The number of para-hydroxylation sites is 2. The van der Waals surface area contributed by atoms with Crippen LogP contribution in [0.5, 0.6) is 5.75 Å². The molecule has 0 bridgehead atoms. The Balaban J connectivity index is 1.62. The molecule has 1 aromatic carbocycles. The van der Waals surface area contributed by atoms with Gasteiger partial charge in [-0.1, -0.05) is 17.3 Å². The van der Waals surface area contributed by atoms with Crippen molar-refractivity contribution >= 4 is 17.6 Å². The Kier molecular flexibility index (Phi) is 7.26. The van der Waals surface area contributed by atoms with Crippen LogP contribution in [-0.4, -0.2) is 70.0 Å². The van der Waals surface area contributed by atoms with Crippen molar-refractivity contribution in [1.29, 1.82) is 0 Å². The quantitative estimate of drug-likeness (QED) is 0.752. The van der Waals surface area contributed by atoms with Crippen LogP contribution in [0, 0.1) is 0 Å². The Labute approximate surface area is 177 Å². The van der Waals surface area contributed by atoms with Gasteiger partial charge < -0.3 is 19.9 Å². The minimum Gasteiger partial charge on any atom is -0.492 e. The molecule has 1 aliphatic heterocycles. The molecule has 0 saturated carbocycles. The standard InChI is InChI=1S/C21H30N6O3/c1-4-30-19-11-6-5-10-17(19)22-21(29)27-13-8-7-9-16(27)12-14-26-15-18(23-24-26)20(28)25(2)3/h5-6,10-11,15-16H,4,7-9,12-14H2,1-3H3,(H,22,29). The van der Waals surface area contributed by atoms with Gasteiger partial charge in [-0.15, -0.1) is 5.10 Å². The van der Waals surface area contributed by atoms with Crippen LogP contribution in [0.25, 0.3) is 0 Å². The average molecular weight is 415 g/mol. The molecule has 162 valence electrons. The first kappa shape index (κ1) is 21.6. The van der Waals surface area contributed by atoms with Gasteiger partial charge in [0.05, 0.1) is 18.5 Å². The number of anilines is 1. The SMILES string of the molecule is CCOc1ccccc1NC(=O)N1CCCCC1CCn1cc(C(=O)N(C)C)nn1. The van der Waals surface area contributed by atoms with Crippen molar-refractivity contribution < 1.29 is 14.3 Å². The first-order valence-electron chi connectivity index (χ1n) is 10.4. The lowest BCUT2D eigenvalue weighted by atomic mass is 10.00. The van der Waals surface area contributed by atoms with E-state index in [0.717, 1.165) is 32.2 Å². The first-order chi connectivity index (χ1) is 14.5. The summed E-state index contributed by atoms with van der Waals surface area (Å²) in [4.78, 5) is 28.4. The molecule has 0 spiro atoms. The summed E-state index contributed by atoms with van der Waals surface area (Å²) in [5.41, 5.74) is 1.00. The Morgan fingerprint density at radius 3 is 2.83 bits per heavy atom. The van der Waals surface area contributed by atoms with Crippen LogP contribution in [0.2, 0.25) is 0 Å². The van der Waals surface area contributed by atoms with Crippen LogP contribution in [0.4, 0.5) is 10.5 Å². The fraction of sp³-hybridized carbons (Fsp3) is 0.524. The van der Waals surface area contributed by atoms with Crippen molar-refractivity contribution in [3.63, 3.8) is 0 Å². The third-order valence-corrected chi connectivity index (χ3v) is 5.17. The second-order valence-electron chi connectivity index (χ2n) is 7.56. The van der Waals surface area contributed by atoms with Crippen molar-refractivity contribution in [1.82, 2.24) is 24.8 Å². The number of carbonyl (C=O) groups is 2. The maximum absolute atomic E-state index is 13.0. The predicted octanol–water partition coefficient (Wildman–Crippen LogP) is 2.86. The Bertz CT molecular complexity index is 866. The van der Waals surface area contributed by atoms with Crippen molar-refractivity contribution in [2.45, 2.75) is 45.2 Å². The van der Waals surface area contributed by atoms with E-state index >= 15 is 0 Å². The van der Waals surface area contributed by atoms with E-state index < -0.39 is 0 Å². The van der Waals surface area contributed by atoms with E-state index in [0.29, 0.717) is 30.3 Å². The Hall–Kier alpha value is -3.10. The summed E-state index contributed by atoms with van der Waals surface area (Å²) >= 11 is 0. The molecule has 2 aromatic rings. The maximum Gasteiger partial charge on any atom is 0.322 e. The number of urea groups is 1. The Morgan fingerprint density at radius 2 is 2.07 bits per heavy atom. The molecule has 0 radical (unpaired) electrons. The van der Waals surface area contributed by atoms with Gasteiger partial charge in [0, 0.05) is 33.2 Å². The molecule has 3 amide bonds. The largest absolute Gasteiger partial charge is 0.492 e. The Morgan fingerprint density at radius 1 is 1.27 bits per heavy atom. The highest BCUT2D eigenvalue weighted by atomic mass is 16.5.